The molecule has 0 fully saturated rings. The summed E-state index contributed by atoms with van der Waals surface area (Å²) in [5.74, 6) is 0.886. The van der Waals surface area contributed by atoms with Crippen LogP contribution in [-0.2, 0) is 19.6 Å². The minimum Gasteiger partial charge on any atom is -0.382 e. The molecule has 130 valence electrons. The van der Waals surface area contributed by atoms with Crippen LogP contribution in [0.4, 0.5) is 0 Å². The minimum atomic E-state index is -0.685. The summed E-state index contributed by atoms with van der Waals surface area (Å²) in [5, 5.41) is 19.2. The number of hydrogen-bond acceptors (Lipinski definition) is 5. The molecule has 1 aliphatic heterocycles. The van der Waals surface area contributed by atoms with Gasteiger partial charge in [-0.25, -0.2) is 0 Å². The summed E-state index contributed by atoms with van der Waals surface area (Å²) in [7, 11) is 0. The van der Waals surface area contributed by atoms with E-state index in [1.54, 1.807) is 0 Å². The highest BCUT2D eigenvalue weighted by Gasteiger charge is 2.23. The number of aryl methyl sites for hydroxylation is 2. The van der Waals surface area contributed by atoms with Gasteiger partial charge >= 0.3 is 0 Å². The fraction of sp³-hybridized carbons (Fsp3) is 0.368. The standard InChI is InChI=1S/C19H22N4O2/c1-13-17(14(2)25-21-13)12-22-8-9-23-16(11-22)10-18(20-23)19(24)15-6-4-3-5-7-15/h3-7,10,19,24H,8-9,11-12H2,1-2H3/t19-/m0/s1. The molecule has 0 amide bonds. The summed E-state index contributed by atoms with van der Waals surface area (Å²) in [6.45, 7) is 7.30. The topological polar surface area (TPSA) is 67.3 Å². The van der Waals surface area contributed by atoms with Gasteiger partial charge in [-0.15, -0.1) is 0 Å². The van der Waals surface area contributed by atoms with E-state index in [1.165, 1.54) is 0 Å². The molecule has 6 heteroatoms. The Morgan fingerprint density at radius 2 is 2.00 bits per heavy atom. The molecule has 0 radical (unpaired) electrons. The average molecular weight is 338 g/mol. The van der Waals surface area contributed by atoms with Crippen molar-refractivity contribution in [3.63, 3.8) is 0 Å². The zero-order valence-electron chi connectivity index (χ0n) is 14.5. The van der Waals surface area contributed by atoms with Gasteiger partial charge in [0.25, 0.3) is 0 Å². The second-order valence-corrected chi connectivity index (χ2v) is 6.61. The van der Waals surface area contributed by atoms with E-state index in [1.807, 2.05) is 54.9 Å². The van der Waals surface area contributed by atoms with Gasteiger partial charge in [-0.2, -0.15) is 5.10 Å². The van der Waals surface area contributed by atoms with E-state index < -0.39 is 6.10 Å². The highest BCUT2D eigenvalue weighted by Crippen LogP contribution is 2.25. The van der Waals surface area contributed by atoms with Gasteiger partial charge in [0.1, 0.15) is 11.9 Å². The Labute approximate surface area is 146 Å². The molecule has 1 atom stereocenters. The molecule has 25 heavy (non-hydrogen) atoms. The first-order valence-corrected chi connectivity index (χ1v) is 8.55. The van der Waals surface area contributed by atoms with Gasteiger partial charge in [-0.3, -0.25) is 9.58 Å². The largest absolute Gasteiger partial charge is 0.382 e. The lowest BCUT2D eigenvalue weighted by molar-refractivity contribution is 0.199. The van der Waals surface area contributed by atoms with Gasteiger partial charge in [-0.05, 0) is 25.5 Å². The number of benzene rings is 1. The summed E-state index contributed by atoms with van der Waals surface area (Å²) in [6, 6.07) is 11.7. The van der Waals surface area contributed by atoms with Crippen molar-refractivity contribution in [3.05, 3.63) is 70.4 Å². The maximum atomic E-state index is 10.6. The maximum absolute atomic E-state index is 10.6. The number of aliphatic hydroxyl groups is 1. The number of rotatable bonds is 4. The van der Waals surface area contributed by atoms with E-state index in [4.69, 9.17) is 4.52 Å². The van der Waals surface area contributed by atoms with Crippen LogP contribution in [0.25, 0.3) is 0 Å². The first kappa shape index (κ1) is 16.1. The number of fused-ring (bicyclic) bond motifs is 1. The molecule has 0 saturated heterocycles. The van der Waals surface area contributed by atoms with Crippen molar-refractivity contribution in [2.75, 3.05) is 6.54 Å². The highest BCUT2D eigenvalue weighted by atomic mass is 16.5. The minimum absolute atomic E-state index is 0.685. The first-order chi connectivity index (χ1) is 12.1. The normalized spacial score (nSPS) is 16.0. The third kappa shape index (κ3) is 3.10. The van der Waals surface area contributed by atoms with Crippen LogP contribution >= 0.6 is 0 Å². The molecule has 6 nitrogen and oxygen atoms in total. The smallest absolute Gasteiger partial charge is 0.138 e. The van der Waals surface area contributed by atoms with Gasteiger partial charge in [0.15, 0.2) is 0 Å². The lowest BCUT2D eigenvalue weighted by atomic mass is 10.1. The van der Waals surface area contributed by atoms with Crippen LogP contribution < -0.4 is 0 Å². The van der Waals surface area contributed by atoms with Crippen molar-refractivity contribution in [1.29, 1.82) is 0 Å². The first-order valence-electron chi connectivity index (χ1n) is 8.55. The third-order valence-electron chi connectivity index (χ3n) is 4.85. The van der Waals surface area contributed by atoms with E-state index in [-0.39, 0.29) is 0 Å². The lowest BCUT2D eigenvalue weighted by Crippen LogP contribution is -2.33. The zero-order valence-corrected chi connectivity index (χ0v) is 14.5. The molecular weight excluding hydrogens is 316 g/mol. The van der Waals surface area contributed by atoms with Crippen molar-refractivity contribution in [1.82, 2.24) is 19.8 Å². The predicted octanol–water partition coefficient (Wildman–Crippen LogP) is 2.59. The van der Waals surface area contributed by atoms with Gasteiger partial charge < -0.3 is 9.63 Å². The Hall–Kier alpha value is -2.44. The Morgan fingerprint density at radius 3 is 2.72 bits per heavy atom. The summed E-state index contributed by atoms with van der Waals surface area (Å²) >= 11 is 0. The van der Waals surface area contributed by atoms with E-state index in [2.05, 4.69) is 15.2 Å². The fourth-order valence-electron chi connectivity index (χ4n) is 3.37. The van der Waals surface area contributed by atoms with Crippen molar-refractivity contribution < 1.29 is 9.63 Å². The summed E-state index contributed by atoms with van der Waals surface area (Å²) in [6.07, 6.45) is -0.685. The molecule has 1 N–H and O–H groups in total. The molecule has 3 aromatic rings. The van der Waals surface area contributed by atoms with Crippen LogP contribution in [0.15, 0.2) is 40.9 Å². The van der Waals surface area contributed by atoms with E-state index in [9.17, 15) is 5.11 Å². The maximum Gasteiger partial charge on any atom is 0.138 e. The zero-order chi connectivity index (χ0) is 17.4. The molecule has 0 unspecified atom stereocenters. The predicted molar refractivity (Wildman–Crippen MR) is 92.8 cm³/mol. The summed E-state index contributed by atoms with van der Waals surface area (Å²) < 4.78 is 7.27. The molecular formula is C19H22N4O2. The van der Waals surface area contributed by atoms with Gasteiger partial charge in [0, 0.05) is 25.2 Å². The van der Waals surface area contributed by atoms with Crippen molar-refractivity contribution in [2.45, 2.75) is 39.6 Å². The molecule has 0 spiro atoms. The Morgan fingerprint density at radius 1 is 1.20 bits per heavy atom. The molecule has 1 aromatic carbocycles. The van der Waals surface area contributed by atoms with Crippen LogP contribution in [-0.4, -0.2) is 31.5 Å². The number of aliphatic hydroxyl groups excluding tert-OH is 1. The number of hydrogen-bond donors (Lipinski definition) is 1. The van der Waals surface area contributed by atoms with Gasteiger partial charge in [0.2, 0.25) is 0 Å². The second-order valence-electron chi connectivity index (χ2n) is 6.61. The van der Waals surface area contributed by atoms with Crippen LogP contribution in [0, 0.1) is 13.8 Å². The Balaban J connectivity index is 1.51. The Kier molecular flexibility index (Phi) is 4.15. The van der Waals surface area contributed by atoms with E-state index in [0.717, 1.165) is 54.5 Å². The van der Waals surface area contributed by atoms with E-state index >= 15 is 0 Å². The fourth-order valence-corrected chi connectivity index (χ4v) is 3.37. The molecule has 3 heterocycles. The Bertz CT molecular complexity index is 849. The van der Waals surface area contributed by atoms with Crippen LogP contribution in [0.5, 0.6) is 0 Å². The molecule has 4 rings (SSSR count). The summed E-state index contributed by atoms with van der Waals surface area (Å²) in [4.78, 5) is 2.36. The summed E-state index contributed by atoms with van der Waals surface area (Å²) in [5.41, 5.74) is 4.82. The van der Waals surface area contributed by atoms with E-state index in [0.29, 0.717) is 5.69 Å². The molecule has 0 aliphatic carbocycles. The van der Waals surface area contributed by atoms with Crippen molar-refractivity contribution >= 4 is 0 Å². The van der Waals surface area contributed by atoms with Crippen LogP contribution in [0.3, 0.4) is 0 Å². The highest BCUT2D eigenvalue weighted by molar-refractivity contribution is 5.27. The average Bonchev–Trinajstić information content (AvgIpc) is 3.20. The number of nitrogens with zero attached hydrogens (tertiary/aromatic N) is 4. The third-order valence-corrected chi connectivity index (χ3v) is 4.85. The van der Waals surface area contributed by atoms with Crippen molar-refractivity contribution in [3.8, 4) is 0 Å². The number of aromatic nitrogens is 3. The monoisotopic (exact) mass is 338 g/mol. The molecule has 0 saturated carbocycles. The lowest BCUT2D eigenvalue weighted by Gasteiger charge is -2.27. The van der Waals surface area contributed by atoms with Crippen LogP contribution in [0.1, 0.15) is 40.1 Å². The van der Waals surface area contributed by atoms with Gasteiger partial charge in [-0.1, -0.05) is 35.5 Å². The quantitative estimate of drug-likeness (QED) is 0.792. The van der Waals surface area contributed by atoms with Gasteiger partial charge in [0.05, 0.1) is 23.6 Å². The SMILES string of the molecule is Cc1noc(C)c1CN1CCn2nc([C@@H](O)c3ccccc3)cc2C1. The second kappa shape index (κ2) is 6.46. The van der Waals surface area contributed by atoms with Crippen LogP contribution in [0.2, 0.25) is 0 Å². The molecule has 0 bridgehead atoms. The molecule has 2 aromatic heterocycles. The van der Waals surface area contributed by atoms with Crippen molar-refractivity contribution in [2.24, 2.45) is 0 Å². The molecule has 1 aliphatic rings.